The van der Waals surface area contributed by atoms with Crippen LogP contribution in [0.1, 0.15) is 38.2 Å². The van der Waals surface area contributed by atoms with Crippen molar-refractivity contribution in [1.29, 1.82) is 0 Å². The molecule has 0 spiro atoms. The van der Waals surface area contributed by atoms with Gasteiger partial charge >= 0.3 is 0 Å². The number of carbonyl (C=O) groups excluding carboxylic acids is 1. The second kappa shape index (κ2) is 8.64. The van der Waals surface area contributed by atoms with E-state index in [1.54, 1.807) is 11.8 Å². The summed E-state index contributed by atoms with van der Waals surface area (Å²) in [6.45, 7) is 4.36. The van der Waals surface area contributed by atoms with E-state index in [0.29, 0.717) is 12.3 Å². The van der Waals surface area contributed by atoms with Crippen molar-refractivity contribution in [2.75, 3.05) is 11.1 Å². The van der Waals surface area contributed by atoms with Crippen LogP contribution < -0.4 is 5.32 Å². The summed E-state index contributed by atoms with van der Waals surface area (Å²) >= 11 is 1.71. The molecule has 0 aliphatic heterocycles. The zero-order valence-electron chi connectivity index (χ0n) is 13.2. The Hall–Kier alpha value is -1.74. The molecule has 116 valence electrons. The van der Waals surface area contributed by atoms with E-state index in [9.17, 15) is 4.79 Å². The number of amides is 1. The van der Waals surface area contributed by atoms with Crippen molar-refractivity contribution >= 4 is 23.4 Å². The Balaban J connectivity index is 1.87. The summed E-state index contributed by atoms with van der Waals surface area (Å²) in [7, 11) is 0. The number of hydrogen-bond donors (Lipinski definition) is 1. The van der Waals surface area contributed by atoms with E-state index in [1.807, 2.05) is 36.4 Å². The third kappa shape index (κ3) is 4.92. The second-order valence-electron chi connectivity index (χ2n) is 5.36. The summed E-state index contributed by atoms with van der Waals surface area (Å²) < 4.78 is 0. The summed E-state index contributed by atoms with van der Waals surface area (Å²) in [4.78, 5) is 13.3. The largest absolute Gasteiger partial charge is 0.326 e. The Morgan fingerprint density at radius 1 is 1.09 bits per heavy atom. The Labute approximate surface area is 137 Å². The van der Waals surface area contributed by atoms with Crippen LogP contribution in [0.2, 0.25) is 0 Å². The van der Waals surface area contributed by atoms with E-state index in [1.165, 1.54) is 10.5 Å². The van der Waals surface area contributed by atoms with Crippen molar-refractivity contribution in [3.63, 3.8) is 0 Å². The first-order valence-electron chi connectivity index (χ1n) is 7.77. The molecule has 2 aromatic carbocycles. The van der Waals surface area contributed by atoms with Crippen molar-refractivity contribution in [2.24, 2.45) is 0 Å². The highest BCUT2D eigenvalue weighted by Crippen LogP contribution is 2.26. The lowest BCUT2D eigenvalue weighted by molar-refractivity contribution is -0.115. The van der Waals surface area contributed by atoms with Crippen LogP contribution in [0, 0.1) is 0 Å². The SMILES string of the molecule is CCC(C)c1ccccc1NC(=O)CCSc1ccccc1. The van der Waals surface area contributed by atoms with Crippen molar-refractivity contribution in [3.05, 3.63) is 60.2 Å². The molecule has 0 aromatic heterocycles. The molecule has 0 radical (unpaired) electrons. The molecule has 2 nitrogen and oxygen atoms in total. The number of rotatable bonds is 7. The molecule has 0 aliphatic carbocycles. The van der Waals surface area contributed by atoms with Gasteiger partial charge in [-0.05, 0) is 36.1 Å². The normalized spacial score (nSPS) is 11.9. The zero-order valence-corrected chi connectivity index (χ0v) is 14.0. The molecule has 3 heteroatoms. The first kappa shape index (κ1) is 16.6. The quantitative estimate of drug-likeness (QED) is 0.701. The number of anilines is 1. The van der Waals surface area contributed by atoms with Crippen molar-refractivity contribution in [1.82, 2.24) is 0 Å². The van der Waals surface area contributed by atoms with Crippen molar-refractivity contribution in [3.8, 4) is 0 Å². The number of nitrogens with one attached hydrogen (secondary N) is 1. The molecule has 0 fully saturated rings. The van der Waals surface area contributed by atoms with Gasteiger partial charge in [0.15, 0.2) is 0 Å². The number of thioether (sulfide) groups is 1. The molecule has 1 atom stereocenters. The van der Waals surface area contributed by atoms with Gasteiger partial charge < -0.3 is 5.32 Å². The van der Waals surface area contributed by atoms with Crippen LogP contribution in [0.3, 0.4) is 0 Å². The Morgan fingerprint density at radius 3 is 2.50 bits per heavy atom. The first-order valence-corrected chi connectivity index (χ1v) is 8.76. The molecule has 0 heterocycles. The van der Waals surface area contributed by atoms with Gasteiger partial charge in [0.1, 0.15) is 0 Å². The lowest BCUT2D eigenvalue weighted by Gasteiger charge is -2.15. The van der Waals surface area contributed by atoms with E-state index in [2.05, 4.69) is 37.4 Å². The van der Waals surface area contributed by atoms with Crippen LogP contribution in [0.15, 0.2) is 59.5 Å². The molecule has 1 unspecified atom stereocenters. The molecule has 1 N–H and O–H groups in total. The Bertz CT molecular complexity index is 597. The summed E-state index contributed by atoms with van der Waals surface area (Å²) in [5.41, 5.74) is 2.17. The molecular weight excluding hydrogens is 290 g/mol. The monoisotopic (exact) mass is 313 g/mol. The molecule has 2 aromatic rings. The number of para-hydroxylation sites is 1. The molecule has 0 aliphatic rings. The summed E-state index contributed by atoms with van der Waals surface area (Å²) in [6, 6.07) is 18.3. The summed E-state index contributed by atoms with van der Waals surface area (Å²) in [5.74, 6) is 1.33. The topological polar surface area (TPSA) is 29.1 Å². The maximum Gasteiger partial charge on any atom is 0.225 e. The van der Waals surface area contributed by atoms with E-state index >= 15 is 0 Å². The van der Waals surface area contributed by atoms with Crippen molar-refractivity contribution < 1.29 is 4.79 Å². The van der Waals surface area contributed by atoms with Gasteiger partial charge in [0, 0.05) is 22.8 Å². The highest BCUT2D eigenvalue weighted by Gasteiger charge is 2.10. The van der Waals surface area contributed by atoms with Crippen LogP contribution in [-0.4, -0.2) is 11.7 Å². The molecule has 1 amide bonds. The van der Waals surface area contributed by atoms with E-state index in [4.69, 9.17) is 0 Å². The van der Waals surface area contributed by atoms with Gasteiger partial charge in [0.25, 0.3) is 0 Å². The fourth-order valence-corrected chi connectivity index (χ4v) is 3.12. The van der Waals surface area contributed by atoms with Gasteiger partial charge in [0.05, 0.1) is 0 Å². The minimum Gasteiger partial charge on any atom is -0.326 e. The fourth-order valence-electron chi connectivity index (χ4n) is 2.25. The molecular formula is C19H23NOS. The van der Waals surface area contributed by atoms with Gasteiger partial charge in [0.2, 0.25) is 5.91 Å². The highest BCUT2D eigenvalue weighted by molar-refractivity contribution is 7.99. The third-order valence-electron chi connectivity index (χ3n) is 3.72. The van der Waals surface area contributed by atoms with E-state index < -0.39 is 0 Å². The third-order valence-corrected chi connectivity index (χ3v) is 4.73. The van der Waals surface area contributed by atoms with Crippen molar-refractivity contribution in [2.45, 2.75) is 37.5 Å². The van der Waals surface area contributed by atoms with Gasteiger partial charge in [-0.2, -0.15) is 0 Å². The van der Waals surface area contributed by atoms with Crippen LogP contribution in [0.5, 0.6) is 0 Å². The van der Waals surface area contributed by atoms with Gasteiger partial charge in [-0.1, -0.05) is 50.2 Å². The van der Waals surface area contributed by atoms with Gasteiger partial charge in [-0.25, -0.2) is 0 Å². The molecule has 2 rings (SSSR count). The van der Waals surface area contributed by atoms with Gasteiger partial charge in [-0.15, -0.1) is 11.8 Å². The van der Waals surface area contributed by atoms with Gasteiger partial charge in [-0.3, -0.25) is 4.79 Å². The van der Waals surface area contributed by atoms with Crippen LogP contribution in [0.25, 0.3) is 0 Å². The average Bonchev–Trinajstić information content (AvgIpc) is 2.55. The predicted molar refractivity (Wildman–Crippen MR) is 95.6 cm³/mol. The van der Waals surface area contributed by atoms with E-state index in [-0.39, 0.29) is 5.91 Å². The molecule has 0 saturated heterocycles. The maximum atomic E-state index is 12.1. The zero-order chi connectivity index (χ0) is 15.8. The Morgan fingerprint density at radius 2 is 1.77 bits per heavy atom. The van der Waals surface area contributed by atoms with Crippen LogP contribution in [-0.2, 0) is 4.79 Å². The number of hydrogen-bond acceptors (Lipinski definition) is 2. The summed E-state index contributed by atoms with van der Waals surface area (Å²) in [6.07, 6.45) is 1.59. The number of carbonyl (C=O) groups is 1. The standard InChI is InChI=1S/C19H23NOS/c1-3-15(2)17-11-7-8-12-18(17)20-19(21)13-14-22-16-9-5-4-6-10-16/h4-12,15H,3,13-14H2,1-2H3,(H,20,21). The predicted octanol–water partition coefficient (Wildman–Crippen LogP) is 5.32. The lowest BCUT2D eigenvalue weighted by Crippen LogP contribution is -2.14. The lowest BCUT2D eigenvalue weighted by atomic mass is 9.97. The minimum atomic E-state index is 0.0826. The fraction of sp³-hybridized carbons (Fsp3) is 0.316. The number of benzene rings is 2. The summed E-state index contributed by atoms with van der Waals surface area (Å²) in [5, 5.41) is 3.06. The molecule has 0 bridgehead atoms. The molecule has 22 heavy (non-hydrogen) atoms. The molecule has 0 saturated carbocycles. The average molecular weight is 313 g/mol. The maximum absolute atomic E-state index is 12.1. The highest BCUT2D eigenvalue weighted by atomic mass is 32.2. The second-order valence-corrected chi connectivity index (χ2v) is 6.52. The van der Waals surface area contributed by atoms with Crippen LogP contribution in [0.4, 0.5) is 5.69 Å². The Kier molecular flexibility index (Phi) is 6.53. The first-order chi connectivity index (χ1) is 10.7. The smallest absolute Gasteiger partial charge is 0.225 e. The van der Waals surface area contributed by atoms with Crippen LogP contribution >= 0.6 is 11.8 Å². The van der Waals surface area contributed by atoms with E-state index in [0.717, 1.165) is 17.9 Å². The minimum absolute atomic E-state index is 0.0826.